The minimum Gasteiger partial charge on any atom is -0.351 e. The monoisotopic (exact) mass is 451 g/mol. The Labute approximate surface area is 188 Å². The summed E-state index contributed by atoms with van der Waals surface area (Å²) >= 11 is 0. The quantitative estimate of drug-likeness (QED) is 0.444. The van der Waals surface area contributed by atoms with Crippen LogP contribution in [0.3, 0.4) is 0 Å². The number of rotatable bonds is 8. The predicted octanol–water partition coefficient (Wildman–Crippen LogP) is 3.52. The van der Waals surface area contributed by atoms with Crippen LogP contribution < -0.4 is 10.9 Å². The molecule has 1 N–H and O–H groups in total. The summed E-state index contributed by atoms with van der Waals surface area (Å²) in [7, 11) is 0. The van der Waals surface area contributed by atoms with E-state index in [1.807, 2.05) is 35.8 Å². The van der Waals surface area contributed by atoms with E-state index < -0.39 is 11.6 Å². The van der Waals surface area contributed by atoms with Gasteiger partial charge in [0.2, 0.25) is 5.91 Å². The summed E-state index contributed by atoms with van der Waals surface area (Å²) in [4.78, 5) is 29.2. The third-order valence-corrected chi connectivity index (χ3v) is 5.44. The van der Waals surface area contributed by atoms with Crippen molar-refractivity contribution in [2.45, 2.75) is 38.9 Å². The largest absolute Gasteiger partial charge is 0.351 e. The van der Waals surface area contributed by atoms with Gasteiger partial charge in [-0.1, -0.05) is 19.1 Å². The maximum Gasteiger partial charge on any atom is 0.266 e. The molecular formula is C24H23F2N5O2. The Balaban J connectivity index is 1.42. The van der Waals surface area contributed by atoms with Crippen molar-refractivity contribution in [1.29, 1.82) is 0 Å². The van der Waals surface area contributed by atoms with Crippen molar-refractivity contribution in [2.24, 2.45) is 0 Å². The second kappa shape index (κ2) is 9.72. The first-order valence-electron chi connectivity index (χ1n) is 10.7. The molecule has 33 heavy (non-hydrogen) atoms. The van der Waals surface area contributed by atoms with Crippen LogP contribution in [0.25, 0.3) is 22.3 Å². The second-order valence-electron chi connectivity index (χ2n) is 7.72. The van der Waals surface area contributed by atoms with Gasteiger partial charge in [-0.05, 0) is 42.8 Å². The Morgan fingerprint density at radius 3 is 2.70 bits per heavy atom. The highest BCUT2D eigenvalue weighted by atomic mass is 19.2. The van der Waals surface area contributed by atoms with Crippen molar-refractivity contribution in [1.82, 2.24) is 24.6 Å². The Kier molecular flexibility index (Phi) is 6.58. The molecule has 0 bridgehead atoms. The van der Waals surface area contributed by atoms with Crippen LogP contribution in [0.4, 0.5) is 8.78 Å². The van der Waals surface area contributed by atoms with E-state index in [1.54, 1.807) is 6.33 Å². The smallest absolute Gasteiger partial charge is 0.266 e. The van der Waals surface area contributed by atoms with Crippen LogP contribution in [-0.4, -0.2) is 31.3 Å². The van der Waals surface area contributed by atoms with Gasteiger partial charge >= 0.3 is 0 Å². The van der Waals surface area contributed by atoms with Gasteiger partial charge < -0.3 is 9.88 Å². The van der Waals surface area contributed by atoms with E-state index in [2.05, 4.69) is 15.4 Å². The summed E-state index contributed by atoms with van der Waals surface area (Å²) in [6, 6.07) is 13.6. The molecule has 4 aromatic rings. The fourth-order valence-corrected chi connectivity index (χ4v) is 3.59. The van der Waals surface area contributed by atoms with Gasteiger partial charge in [0.05, 0.1) is 29.6 Å². The van der Waals surface area contributed by atoms with Gasteiger partial charge in [0.15, 0.2) is 11.6 Å². The van der Waals surface area contributed by atoms with Crippen LogP contribution >= 0.6 is 0 Å². The number of imidazole rings is 1. The van der Waals surface area contributed by atoms with Crippen molar-refractivity contribution in [3.8, 4) is 11.3 Å². The molecule has 0 radical (unpaired) electrons. The molecule has 0 saturated carbocycles. The van der Waals surface area contributed by atoms with Gasteiger partial charge in [0, 0.05) is 30.6 Å². The topological polar surface area (TPSA) is 81.8 Å². The van der Waals surface area contributed by atoms with Gasteiger partial charge in [-0.25, -0.2) is 18.4 Å². The van der Waals surface area contributed by atoms with E-state index in [4.69, 9.17) is 0 Å². The van der Waals surface area contributed by atoms with Crippen LogP contribution in [0.5, 0.6) is 0 Å². The number of aromatic nitrogens is 4. The summed E-state index contributed by atoms with van der Waals surface area (Å²) in [5.74, 6) is -2.09. The van der Waals surface area contributed by atoms with Gasteiger partial charge in [0.25, 0.3) is 5.56 Å². The molecule has 7 nitrogen and oxygen atoms in total. The minimum atomic E-state index is -0.989. The fraction of sp³-hybridized carbons (Fsp3) is 0.250. The highest BCUT2D eigenvalue weighted by Crippen LogP contribution is 2.18. The zero-order chi connectivity index (χ0) is 23.4. The number of para-hydroxylation sites is 2. The van der Waals surface area contributed by atoms with Gasteiger partial charge in [-0.2, -0.15) is 5.10 Å². The van der Waals surface area contributed by atoms with Crippen LogP contribution in [-0.2, 0) is 17.9 Å². The third-order valence-electron chi connectivity index (χ3n) is 5.44. The standard InChI is InChI=1S/C24H23F2N5O2/c1-2-17(28-23(32)11-12-30-15-27-21-5-3-4-6-22(21)30)14-31-24(33)10-9-20(29-31)16-7-8-18(25)19(26)13-16/h3-10,13,15,17H,2,11-12,14H2,1H3,(H,28,32)/t17-/m1/s1. The highest BCUT2D eigenvalue weighted by molar-refractivity contribution is 5.77. The number of aryl methyl sites for hydroxylation is 1. The highest BCUT2D eigenvalue weighted by Gasteiger charge is 2.14. The average molecular weight is 451 g/mol. The van der Waals surface area contributed by atoms with Gasteiger partial charge in [0.1, 0.15) is 0 Å². The predicted molar refractivity (Wildman–Crippen MR) is 120 cm³/mol. The van der Waals surface area contributed by atoms with Crippen molar-refractivity contribution >= 4 is 16.9 Å². The van der Waals surface area contributed by atoms with Gasteiger partial charge in [-0.15, -0.1) is 0 Å². The van der Waals surface area contributed by atoms with Gasteiger partial charge in [-0.3, -0.25) is 9.59 Å². The number of benzene rings is 2. The van der Waals surface area contributed by atoms with E-state index in [-0.39, 0.29) is 30.5 Å². The number of amides is 1. The lowest BCUT2D eigenvalue weighted by atomic mass is 10.1. The van der Waals surface area contributed by atoms with E-state index >= 15 is 0 Å². The fourth-order valence-electron chi connectivity index (χ4n) is 3.59. The van der Waals surface area contributed by atoms with Crippen molar-refractivity contribution in [2.75, 3.05) is 0 Å². The summed E-state index contributed by atoms with van der Waals surface area (Å²) in [6.07, 6.45) is 2.56. The first kappa shape index (κ1) is 22.3. The summed E-state index contributed by atoms with van der Waals surface area (Å²) < 4.78 is 30.0. The molecule has 2 aromatic heterocycles. The lowest BCUT2D eigenvalue weighted by Gasteiger charge is -2.18. The number of nitrogens with zero attached hydrogens (tertiary/aromatic N) is 4. The van der Waals surface area contributed by atoms with Crippen LogP contribution in [0, 0.1) is 11.6 Å². The molecule has 170 valence electrons. The Hall–Kier alpha value is -3.88. The van der Waals surface area contributed by atoms with Crippen molar-refractivity contribution < 1.29 is 13.6 Å². The lowest BCUT2D eigenvalue weighted by molar-refractivity contribution is -0.122. The summed E-state index contributed by atoms with van der Waals surface area (Å²) in [6.45, 7) is 2.54. The summed E-state index contributed by atoms with van der Waals surface area (Å²) in [5.41, 5.74) is 2.17. The molecule has 9 heteroatoms. The average Bonchev–Trinajstić information content (AvgIpc) is 3.23. The van der Waals surface area contributed by atoms with E-state index in [9.17, 15) is 18.4 Å². The lowest BCUT2D eigenvalue weighted by Crippen LogP contribution is -2.40. The number of carbonyl (C=O) groups excluding carboxylic acids is 1. The normalized spacial score (nSPS) is 12.1. The van der Waals surface area contributed by atoms with E-state index in [0.717, 1.165) is 23.2 Å². The molecule has 0 unspecified atom stereocenters. The maximum absolute atomic E-state index is 13.6. The molecule has 0 spiro atoms. The molecule has 0 saturated heterocycles. The molecule has 2 aromatic carbocycles. The van der Waals surface area contributed by atoms with Crippen molar-refractivity contribution in [3.63, 3.8) is 0 Å². The van der Waals surface area contributed by atoms with E-state index in [1.165, 1.54) is 22.9 Å². The molecule has 1 amide bonds. The number of hydrogen-bond donors (Lipinski definition) is 1. The molecule has 0 fully saturated rings. The number of halogens is 2. The Morgan fingerprint density at radius 1 is 1.09 bits per heavy atom. The van der Waals surface area contributed by atoms with Crippen molar-refractivity contribution in [3.05, 3.63) is 82.9 Å². The Bertz CT molecular complexity index is 1350. The second-order valence-corrected chi connectivity index (χ2v) is 7.72. The molecule has 0 aliphatic carbocycles. The summed E-state index contributed by atoms with van der Waals surface area (Å²) in [5, 5.41) is 7.23. The number of hydrogen-bond acceptors (Lipinski definition) is 4. The maximum atomic E-state index is 13.6. The number of fused-ring (bicyclic) bond motifs is 1. The number of nitrogens with one attached hydrogen (secondary N) is 1. The molecule has 0 aliphatic rings. The molecule has 4 rings (SSSR count). The molecule has 2 heterocycles. The first-order chi connectivity index (χ1) is 15.9. The van der Waals surface area contributed by atoms with Crippen LogP contribution in [0.2, 0.25) is 0 Å². The SMILES string of the molecule is CC[C@H](Cn1nc(-c2ccc(F)c(F)c2)ccc1=O)NC(=O)CCn1cnc2ccccc21. The minimum absolute atomic E-state index is 0.149. The Morgan fingerprint density at radius 2 is 1.91 bits per heavy atom. The molecule has 1 atom stereocenters. The van der Waals surface area contributed by atoms with Crippen LogP contribution in [0.15, 0.2) is 65.7 Å². The zero-order valence-electron chi connectivity index (χ0n) is 18.0. The van der Waals surface area contributed by atoms with Crippen LogP contribution in [0.1, 0.15) is 19.8 Å². The number of carbonyl (C=O) groups is 1. The van der Waals surface area contributed by atoms with E-state index in [0.29, 0.717) is 24.2 Å². The zero-order valence-corrected chi connectivity index (χ0v) is 18.0. The molecule has 0 aliphatic heterocycles. The molecular weight excluding hydrogens is 428 g/mol. The first-order valence-corrected chi connectivity index (χ1v) is 10.7. The third kappa shape index (κ3) is 5.14.